The van der Waals surface area contributed by atoms with Crippen LogP contribution in [0, 0.1) is 11.7 Å². The van der Waals surface area contributed by atoms with Gasteiger partial charge < -0.3 is 10.1 Å². The first-order valence-electron chi connectivity index (χ1n) is 10.6. The maximum Gasteiger partial charge on any atom is 0.223 e. The topological polar surface area (TPSA) is 41.6 Å². The summed E-state index contributed by atoms with van der Waals surface area (Å²) < 4.78 is 20.1. The summed E-state index contributed by atoms with van der Waals surface area (Å²) in [6.45, 7) is 6.19. The Bertz CT molecular complexity index is 925. The van der Waals surface area contributed by atoms with Gasteiger partial charge in [0, 0.05) is 35.0 Å². The number of piperidine rings is 1. The summed E-state index contributed by atoms with van der Waals surface area (Å²) >= 11 is 5.84. The Morgan fingerprint density at radius 1 is 1.23 bits per heavy atom. The van der Waals surface area contributed by atoms with Crippen LogP contribution in [0.3, 0.4) is 0 Å². The average molecular weight is 431 g/mol. The summed E-state index contributed by atoms with van der Waals surface area (Å²) in [6, 6.07) is 12.7. The molecule has 2 aliphatic rings. The number of benzene rings is 2. The van der Waals surface area contributed by atoms with E-state index in [4.69, 9.17) is 16.3 Å². The number of carbonyl (C=O) groups excluding carboxylic acids is 1. The van der Waals surface area contributed by atoms with Crippen molar-refractivity contribution in [3.63, 3.8) is 0 Å². The van der Waals surface area contributed by atoms with Crippen molar-refractivity contribution in [2.24, 2.45) is 5.92 Å². The van der Waals surface area contributed by atoms with Crippen molar-refractivity contribution in [2.45, 2.75) is 51.3 Å². The van der Waals surface area contributed by atoms with Gasteiger partial charge in [0.15, 0.2) is 0 Å². The normalized spacial score (nSPS) is 21.5. The molecule has 2 aromatic carbocycles. The van der Waals surface area contributed by atoms with E-state index in [0.717, 1.165) is 43.7 Å². The van der Waals surface area contributed by atoms with Crippen LogP contribution >= 0.6 is 11.6 Å². The van der Waals surface area contributed by atoms with Crippen LogP contribution in [0.5, 0.6) is 5.75 Å². The Balaban J connectivity index is 1.35. The molecule has 0 bridgehead atoms. The summed E-state index contributed by atoms with van der Waals surface area (Å²) in [5.41, 5.74) is 1.36. The molecule has 0 radical (unpaired) electrons. The lowest BCUT2D eigenvalue weighted by molar-refractivity contribution is -0.127. The predicted molar refractivity (Wildman–Crippen MR) is 116 cm³/mol. The van der Waals surface area contributed by atoms with Crippen molar-refractivity contribution in [1.82, 2.24) is 10.2 Å². The average Bonchev–Trinajstić information content (AvgIpc) is 2.70. The highest BCUT2D eigenvalue weighted by Crippen LogP contribution is 2.39. The van der Waals surface area contributed by atoms with Crippen LogP contribution in [0.1, 0.15) is 50.3 Å². The molecule has 1 atom stereocenters. The molecule has 4 nitrogen and oxygen atoms in total. The van der Waals surface area contributed by atoms with Crippen LogP contribution in [0.2, 0.25) is 5.02 Å². The summed E-state index contributed by atoms with van der Waals surface area (Å²) in [6.07, 6.45) is 2.29. The van der Waals surface area contributed by atoms with Crippen LogP contribution < -0.4 is 10.1 Å². The van der Waals surface area contributed by atoms with Crippen molar-refractivity contribution in [3.05, 3.63) is 64.4 Å². The first-order valence-corrected chi connectivity index (χ1v) is 10.9. The molecule has 2 heterocycles. The second-order valence-electron chi connectivity index (χ2n) is 8.95. The molecular formula is C24H28ClFN2O2. The van der Waals surface area contributed by atoms with Crippen molar-refractivity contribution >= 4 is 17.5 Å². The third-order valence-electron chi connectivity index (χ3n) is 6.06. The van der Waals surface area contributed by atoms with Gasteiger partial charge in [-0.05, 0) is 58.0 Å². The number of halogens is 2. The van der Waals surface area contributed by atoms with Crippen molar-refractivity contribution in [2.75, 3.05) is 13.1 Å². The fraction of sp³-hybridized carbons (Fsp3) is 0.458. The molecule has 0 unspecified atom stereocenters. The van der Waals surface area contributed by atoms with Gasteiger partial charge in [-0.15, -0.1) is 0 Å². The number of nitrogens with one attached hydrogen (secondary N) is 1. The minimum Gasteiger partial charge on any atom is -0.487 e. The molecule has 6 heteroatoms. The van der Waals surface area contributed by atoms with E-state index in [-0.39, 0.29) is 29.3 Å². The number of carbonyl (C=O) groups is 1. The van der Waals surface area contributed by atoms with Gasteiger partial charge in [0.05, 0.1) is 6.04 Å². The monoisotopic (exact) mass is 430 g/mol. The molecule has 1 saturated heterocycles. The fourth-order valence-electron chi connectivity index (χ4n) is 4.46. The van der Waals surface area contributed by atoms with E-state index in [2.05, 4.69) is 24.1 Å². The highest BCUT2D eigenvalue weighted by Gasteiger charge is 2.35. The third kappa shape index (κ3) is 4.79. The lowest BCUT2D eigenvalue weighted by Crippen LogP contribution is -2.45. The zero-order valence-electron chi connectivity index (χ0n) is 17.5. The van der Waals surface area contributed by atoms with Gasteiger partial charge in [0.2, 0.25) is 5.91 Å². The number of nitrogens with zero attached hydrogens (tertiary/aromatic N) is 1. The molecule has 0 aliphatic carbocycles. The molecule has 1 fully saturated rings. The quantitative estimate of drug-likeness (QED) is 0.732. The van der Waals surface area contributed by atoms with Crippen molar-refractivity contribution in [1.29, 1.82) is 0 Å². The van der Waals surface area contributed by atoms with Gasteiger partial charge in [-0.2, -0.15) is 0 Å². The first kappa shape index (κ1) is 21.1. The Hall–Kier alpha value is -2.11. The standard InChI is InChI=1S/C24H28ClFN2O2/c1-24(2)14-21(19-5-3-4-6-22(19)30-24)27-23(29)16-9-11-28(12-10-16)15-17-7-8-18(25)13-20(17)26/h3-8,13,16,21H,9-12,14-15H2,1-2H3,(H,27,29)/t21-/m0/s1. The maximum atomic E-state index is 14.1. The van der Waals surface area contributed by atoms with Crippen LogP contribution in [0.4, 0.5) is 4.39 Å². The molecule has 30 heavy (non-hydrogen) atoms. The number of hydrogen-bond donors (Lipinski definition) is 1. The number of likely N-dealkylation sites (tertiary alicyclic amines) is 1. The van der Waals surface area contributed by atoms with E-state index in [1.165, 1.54) is 6.07 Å². The lowest BCUT2D eigenvalue weighted by Gasteiger charge is -2.39. The van der Waals surface area contributed by atoms with Gasteiger partial charge in [0.1, 0.15) is 17.2 Å². The van der Waals surface area contributed by atoms with Crippen molar-refractivity contribution in [3.8, 4) is 5.75 Å². The molecule has 1 amide bonds. The molecule has 0 saturated carbocycles. The number of amides is 1. The van der Waals surface area contributed by atoms with Crippen molar-refractivity contribution < 1.29 is 13.9 Å². The molecule has 1 N–H and O–H groups in total. The fourth-order valence-corrected chi connectivity index (χ4v) is 4.62. The molecular weight excluding hydrogens is 403 g/mol. The molecule has 2 aromatic rings. The highest BCUT2D eigenvalue weighted by atomic mass is 35.5. The minimum atomic E-state index is -0.321. The van der Waals surface area contributed by atoms with Crippen LogP contribution in [0.15, 0.2) is 42.5 Å². The van der Waals surface area contributed by atoms with Gasteiger partial charge >= 0.3 is 0 Å². The number of ether oxygens (including phenoxy) is 1. The number of fused-ring (bicyclic) bond motifs is 1. The van der Waals surface area contributed by atoms with E-state index in [1.54, 1.807) is 12.1 Å². The molecule has 2 aliphatic heterocycles. The second-order valence-corrected chi connectivity index (χ2v) is 9.39. The molecule has 160 valence electrons. The predicted octanol–water partition coefficient (Wildman–Crippen LogP) is 5.11. The van der Waals surface area contributed by atoms with Gasteiger partial charge in [-0.3, -0.25) is 9.69 Å². The minimum absolute atomic E-state index is 0.0190. The number of para-hydroxylation sites is 1. The smallest absolute Gasteiger partial charge is 0.223 e. The molecule has 4 rings (SSSR count). The van der Waals surface area contributed by atoms with Gasteiger partial charge in [-0.1, -0.05) is 35.9 Å². The zero-order chi connectivity index (χ0) is 21.3. The lowest BCUT2D eigenvalue weighted by atomic mass is 9.88. The third-order valence-corrected chi connectivity index (χ3v) is 6.30. The Morgan fingerprint density at radius 3 is 2.70 bits per heavy atom. The second kappa shape index (κ2) is 8.56. The Kier molecular flexibility index (Phi) is 6.03. The summed E-state index contributed by atoms with van der Waals surface area (Å²) in [5, 5.41) is 3.68. The molecule has 0 spiro atoms. The van der Waals surface area contributed by atoms with E-state index in [9.17, 15) is 9.18 Å². The largest absolute Gasteiger partial charge is 0.487 e. The SMILES string of the molecule is CC1(C)C[C@H](NC(=O)C2CCN(Cc3ccc(Cl)cc3F)CC2)c2ccccc2O1. The van der Waals surface area contributed by atoms with E-state index in [0.29, 0.717) is 17.1 Å². The number of rotatable bonds is 4. The molecule has 0 aromatic heterocycles. The summed E-state index contributed by atoms with van der Waals surface area (Å²) in [4.78, 5) is 15.2. The van der Waals surface area contributed by atoms with E-state index < -0.39 is 0 Å². The zero-order valence-corrected chi connectivity index (χ0v) is 18.2. The van der Waals surface area contributed by atoms with Crippen LogP contribution in [-0.2, 0) is 11.3 Å². The summed E-state index contributed by atoms with van der Waals surface area (Å²) in [5.74, 6) is 0.654. The maximum absolute atomic E-state index is 14.1. The summed E-state index contributed by atoms with van der Waals surface area (Å²) in [7, 11) is 0. The Labute approximate surface area is 182 Å². The first-order chi connectivity index (χ1) is 14.3. The van der Waals surface area contributed by atoms with E-state index in [1.807, 2.05) is 24.3 Å². The van der Waals surface area contributed by atoms with Crippen LogP contribution in [0.25, 0.3) is 0 Å². The highest BCUT2D eigenvalue weighted by molar-refractivity contribution is 6.30. The van der Waals surface area contributed by atoms with Gasteiger partial charge in [-0.25, -0.2) is 4.39 Å². The Morgan fingerprint density at radius 2 is 1.97 bits per heavy atom. The van der Waals surface area contributed by atoms with E-state index >= 15 is 0 Å². The van der Waals surface area contributed by atoms with Gasteiger partial charge in [0.25, 0.3) is 0 Å². The van der Waals surface area contributed by atoms with Crippen LogP contribution in [-0.4, -0.2) is 29.5 Å². The number of hydrogen-bond acceptors (Lipinski definition) is 3.